The lowest BCUT2D eigenvalue weighted by Crippen LogP contribution is -2.53. The van der Waals surface area contributed by atoms with Crippen LogP contribution in [0, 0.1) is 0 Å². The first-order chi connectivity index (χ1) is 12.8. The fourth-order valence-electron chi connectivity index (χ4n) is 4.06. The lowest BCUT2D eigenvalue weighted by Gasteiger charge is -2.32. The monoisotopic (exact) mass is 375 g/mol. The molecule has 3 atom stereocenters. The zero-order chi connectivity index (χ0) is 19.6. The lowest BCUT2D eigenvalue weighted by molar-refractivity contribution is -0.146. The van der Waals surface area contributed by atoms with Gasteiger partial charge in [0.2, 0.25) is 17.7 Å². The minimum absolute atomic E-state index is 0.109. The van der Waals surface area contributed by atoms with E-state index in [9.17, 15) is 19.5 Å². The fourth-order valence-corrected chi connectivity index (χ4v) is 4.06. The van der Waals surface area contributed by atoms with E-state index >= 15 is 0 Å². The first kappa shape index (κ1) is 19.2. The van der Waals surface area contributed by atoms with Crippen LogP contribution in [0.5, 0.6) is 0 Å². The molecule has 1 aromatic heterocycles. The first-order valence-electron chi connectivity index (χ1n) is 9.17. The second-order valence-corrected chi connectivity index (χ2v) is 7.18. The van der Waals surface area contributed by atoms with Gasteiger partial charge in [-0.2, -0.15) is 0 Å². The lowest BCUT2D eigenvalue weighted by atomic mass is 9.94. The van der Waals surface area contributed by atoms with Crippen LogP contribution < -0.4 is 5.32 Å². The van der Waals surface area contributed by atoms with E-state index in [-0.39, 0.29) is 18.4 Å². The quantitative estimate of drug-likeness (QED) is 0.725. The number of nitrogens with one attached hydrogen (secondary N) is 1. The number of rotatable bonds is 5. The number of hydrogen-bond donors (Lipinski definition) is 2. The summed E-state index contributed by atoms with van der Waals surface area (Å²) in [6.45, 7) is 3.90. The van der Waals surface area contributed by atoms with Crippen LogP contribution in [0.15, 0.2) is 18.5 Å². The van der Waals surface area contributed by atoms with Crippen molar-refractivity contribution in [2.75, 3.05) is 19.6 Å². The molecule has 0 aliphatic carbocycles. The highest BCUT2D eigenvalue weighted by Crippen LogP contribution is 2.38. The Bertz CT molecular complexity index is 726. The smallest absolute Gasteiger partial charge is 0.249 e. The van der Waals surface area contributed by atoms with Crippen LogP contribution in [0.2, 0.25) is 0 Å². The molecule has 9 heteroatoms. The number of amides is 3. The summed E-state index contributed by atoms with van der Waals surface area (Å²) in [6.07, 6.45) is 4.15. The Labute approximate surface area is 157 Å². The van der Waals surface area contributed by atoms with Crippen LogP contribution in [0.25, 0.3) is 0 Å². The van der Waals surface area contributed by atoms with E-state index in [0.717, 1.165) is 6.42 Å². The summed E-state index contributed by atoms with van der Waals surface area (Å²) in [5, 5.41) is 12.7. The van der Waals surface area contributed by atoms with E-state index < -0.39 is 23.6 Å². The van der Waals surface area contributed by atoms with Crippen LogP contribution in [0.4, 0.5) is 0 Å². The molecule has 2 N–H and O–H groups in total. The second-order valence-electron chi connectivity index (χ2n) is 7.18. The maximum Gasteiger partial charge on any atom is 0.249 e. The van der Waals surface area contributed by atoms with E-state index in [1.807, 2.05) is 0 Å². The Morgan fingerprint density at radius 1 is 1.30 bits per heavy atom. The molecule has 2 saturated heterocycles. The largest absolute Gasteiger partial charge is 0.391 e. The number of aliphatic hydroxyl groups is 1. The number of aromatic nitrogens is 2. The molecule has 146 valence electrons. The Morgan fingerprint density at radius 3 is 2.63 bits per heavy atom. The van der Waals surface area contributed by atoms with Crippen LogP contribution in [-0.2, 0) is 14.4 Å². The molecule has 1 spiro atoms. The fraction of sp³-hybridized carbons (Fsp3) is 0.611. The zero-order valence-electron chi connectivity index (χ0n) is 15.6. The molecule has 3 rings (SSSR count). The van der Waals surface area contributed by atoms with Crippen molar-refractivity contribution in [3.63, 3.8) is 0 Å². The molecule has 3 heterocycles. The molecule has 2 fully saturated rings. The van der Waals surface area contributed by atoms with Crippen LogP contribution in [0.3, 0.4) is 0 Å². The summed E-state index contributed by atoms with van der Waals surface area (Å²) >= 11 is 0. The molecule has 0 bridgehead atoms. The van der Waals surface area contributed by atoms with Crippen LogP contribution >= 0.6 is 0 Å². The average molecular weight is 375 g/mol. The van der Waals surface area contributed by atoms with Gasteiger partial charge in [-0.05, 0) is 32.3 Å². The van der Waals surface area contributed by atoms with Crippen molar-refractivity contribution in [1.29, 1.82) is 0 Å². The summed E-state index contributed by atoms with van der Waals surface area (Å²) < 4.78 is 0. The molecule has 0 aromatic carbocycles. The summed E-state index contributed by atoms with van der Waals surface area (Å²) in [5.74, 6) is -0.368. The van der Waals surface area contributed by atoms with Crippen molar-refractivity contribution in [3.05, 3.63) is 24.3 Å². The summed E-state index contributed by atoms with van der Waals surface area (Å²) in [6, 6.07) is 0.889. The summed E-state index contributed by atoms with van der Waals surface area (Å²) in [5.41, 5.74) is -0.793. The van der Waals surface area contributed by atoms with Gasteiger partial charge in [-0.25, -0.2) is 9.97 Å². The number of carbonyl (C=O) groups is 3. The summed E-state index contributed by atoms with van der Waals surface area (Å²) in [7, 11) is 0. The number of nitrogens with zero attached hydrogens (tertiary/aromatic N) is 4. The van der Waals surface area contributed by atoms with Crippen molar-refractivity contribution >= 4 is 17.7 Å². The van der Waals surface area contributed by atoms with Crippen LogP contribution in [0.1, 0.15) is 45.0 Å². The zero-order valence-corrected chi connectivity index (χ0v) is 15.6. The summed E-state index contributed by atoms with van der Waals surface area (Å²) in [4.78, 5) is 48.6. The molecule has 0 radical (unpaired) electrons. The van der Waals surface area contributed by atoms with Crippen LogP contribution in [-0.4, -0.2) is 73.9 Å². The first-order valence-corrected chi connectivity index (χ1v) is 9.17. The molecular weight excluding hydrogens is 350 g/mol. The molecule has 3 unspecified atom stereocenters. The van der Waals surface area contributed by atoms with Gasteiger partial charge in [0.1, 0.15) is 11.6 Å². The van der Waals surface area contributed by atoms with Gasteiger partial charge in [0.15, 0.2) is 5.82 Å². The van der Waals surface area contributed by atoms with Gasteiger partial charge in [-0.15, -0.1) is 0 Å². The minimum Gasteiger partial charge on any atom is -0.391 e. The minimum atomic E-state index is -0.889. The van der Waals surface area contributed by atoms with E-state index in [2.05, 4.69) is 15.3 Å². The maximum atomic E-state index is 12.9. The van der Waals surface area contributed by atoms with Crippen molar-refractivity contribution in [2.24, 2.45) is 0 Å². The second kappa shape index (κ2) is 7.59. The van der Waals surface area contributed by atoms with Gasteiger partial charge in [0, 0.05) is 32.4 Å². The molecule has 3 amide bonds. The van der Waals surface area contributed by atoms with Crippen molar-refractivity contribution in [2.45, 2.75) is 50.8 Å². The molecule has 2 aliphatic heterocycles. The predicted octanol–water partition coefficient (Wildman–Crippen LogP) is -0.372. The molecule has 9 nitrogen and oxygen atoms in total. The van der Waals surface area contributed by atoms with Gasteiger partial charge in [0.25, 0.3) is 0 Å². The predicted molar refractivity (Wildman–Crippen MR) is 95.1 cm³/mol. The van der Waals surface area contributed by atoms with Crippen molar-refractivity contribution < 1.29 is 19.5 Å². The third kappa shape index (κ3) is 3.64. The number of likely N-dealkylation sites (tertiary alicyclic amines) is 2. The van der Waals surface area contributed by atoms with Crippen molar-refractivity contribution in [1.82, 2.24) is 25.1 Å². The Kier molecular flexibility index (Phi) is 5.41. The SMILES string of the molecule is CC(=O)N1CCCC12CCN(CC(=O)NC(c1ncccn1)C(C)O)C2=O. The van der Waals surface area contributed by atoms with Crippen molar-refractivity contribution in [3.8, 4) is 0 Å². The topological polar surface area (TPSA) is 116 Å². The maximum absolute atomic E-state index is 12.9. The molecule has 1 aromatic rings. The normalized spacial score (nSPS) is 24.3. The highest BCUT2D eigenvalue weighted by Gasteiger charge is 2.54. The van der Waals surface area contributed by atoms with Gasteiger partial charge < -0.3 is 20.2 Å². The highest BCUT2D eigenvalue weighted by molar-refractivity contribution is 5.95. The molecule has 2 aliphatic rings. The Hall–Kier alpha value is -2.55. The van der Waals surface area contributed by atoms with E-state index in [1.165, 1.54) is 24.2 Å². The number of aliphatic hydroxyl groups excluding tert-OH is 1. The van der Waals surface area contributed by atoms with Gasteiger partial charge in [-0.1, -0.05) is 0 Å². The third-order valence-corrected chi connectivity index (χ3v) is 5.35. The molecule has 27 heavy (non-hydrogen) atoms. The van der Waals surface area contributed by atoms with Gasteiger partial charge >= 0.3 is 0 Å². The van der Waals surface area contributed by atoms with Gasteiger partial charge in [-0.3, -0.25) is 14.4 Å². The van der Waals surface area contributed by atoms with E-state index in [0.29, 0.717) is 31.8 Å². The average Bonchev–Trinajstić information content (AvgIpc) is 3.20. The molecular formula is C18H25N5O4. The van der Waals surface area contributed by atoms with Gasteiger partial charge in [0.05, 0.1) is 12.6 Å². The number of carbonyl (C=O) groups excluding carboxylic acids is 3. The van der Waals surface area contributed by atoms with E-state index in [4.69, 9.17) is 0 Å². The molecule has 0 saturated carbocycles. The Balaban J connectivity index is 1.66. The highest BCUT2D eigenvalue weighted by atomic mass is 16.3. The standard InChI is InChI=1S/C18H25N5O4/c1-12(24)15(16-19-7-4-8-20-16)21-14(26)11-22-10-6-18(17(22)27)5-3-9-23(18)13(2)25/h4,7-8,12,15,24H,3,5-6,9-11H2,1-2H3,(H,21,26). The van der Waals surface area contributed by atoms with E-state index in [1.54, 1.807) is 17.9 Å². The Morgan fingerprint density at radius 2 is 2.00 bits per heavy atom. The number of hydrogen-bond acceptors (Lipinski definition) is 6. The third-order valence-electron chi connectivity index (χ3n) is 5.35.